The fourth-order valence-corrected chi connectivity index (χ4v) is 8.46. The van der Waals surface area contributed by atoms with Gasteiger partial charge in [0.25, 0.3) is 0 Å². The van der Waals surface area contributed by atoms with Gasteiger partial charge in [-0.25, -0.2) is 9.59 Å². The molecule has 10 unspecified atom stereocenters. The van der Waals surface area contributed by atoms with Crippen molar-refractivity contribution in [2.75, 3.05) is 0 Å². The first kappa shape index (κ1) is 19.0. The molecule has 9 heteroatoms. The molecule has 2 spiro atoms. The van der Waals surface area contributed by atoms with Crippen LogP contribution in [-0.4, -0.2) is 63.9 Å². The van der Waals surface area contributed by atoms with Crippen LogP contribution in [0.4, 0.5) is 0 Å². The van der Waals surface area contributed by atoms with Crippen molar-refractivity contribution in [3.63, 3.8) is 0 Å². The summed E-state index contributed by atoms with van der Waals surface area (Å²) in [6.07, 6.45) is -4.58. The summed E-state index contributed by atoms with van der Waals surface area (Å²) in [7, 11) is 0. The van der Waals surface area contributed by atoms with E-state index in [1.54, 1.807) is 6.92 Å². The van der Waals surface area contributed by atoms with Crippen LogP contribution < -0.4 is 0 Å². The molecule has 6 rings (SSSR count). The molecule has 2 N–H and O–H groups in total. The summed E-state index contributed by atoms with van der Waals surface area (Å²) < 4.78 is 23.1. The van der Waals surface area contributed by atoms with Gasteiger partial charge in [0, 0.05) is 6.42 Å². The summed E-state index contributed by atoms with van der Waals surface area (Å²) in [6, 6.07) is 0. The van der Waals surface area contributed by atoms with E-state index in [0.717, 1.165) is 0 Å². The normalized spacial score (nSPS) is 60.1. The van der Waals surface area contributed by atoms with Gasteiger partial charge in [-0.2, -0.15) is 0 Å². The maximum Gasteiger partial charge on any atom is 0.339 e. The minimum atomic E-state index is -1.87. The van der Waals surface area contributed by atoms with Gasteiger partial charge in [0.05, 0.1) is 16.7 Å². The first-order valence-corrected chi connectivity index (χ1v) is 10.5. The molecule has 10 atom stereocenters. The Balaban J connectivity index is 1.77. The highest BCUT2D eigenvalue weighted by atomic mass is 16.7. The lowest BCUT2D eigenvalue weighted by Crippen LogP contribution is -2.70. The molecule has 0 radical (unpaired) electrons. The Kier molecular flexibility index (Phi) is 2.89. The van der Waals surface area contributed by atoms with Gasteiger partial charge in [-0.15, -0.1) is 0 Å². The monoisotopic (exact) mass is 422 g/mol. The highest BCUT2D eigenvalue weighted by Crippen LogP contribution is 2.88. The molecular formula is C21H26O9. The third-order valence-corrected chi connectivity index (χ3v) is 9.94. The average molecular weight is 422 g/mol. The van der Waals surface area contributed by atoms with Gasteiger partial charge in [0.15, 0.2) is 11.7 Å². The SMILES string of the molecule is CC1C(=O)OC2CC34OC5OC(=O)C(O)C56C(C)(C(C)(C)C)CC(OC3=O)C46C21O. The van der Waals surface area contributed by atoms with Crippen molar-refractivity contribution in [2.45, 2.75) is 83.3 Å². The molecule has 6 aliphatic rings. The summed E-state index contributed by atoms with van der Waals surface area (Å²) >= 11 is 0. The fraction of sp³-hybridized carbons (Fsp3) is 0.857. The standard InChI is InChI=1S/C21H26O9/c1-8-12(23)27-9-7-18-14(25)28-10-6-17(5,16(2,3)4)19(21(10,18)20(8,9)26)11(22)13(24)29-15(19)30-18/h8-11,15,22,26H,6-7H2,1-5H3. The Morgan fingerprint density at radius 3 is 2.30 bits per heavy atom. The molecule has 2 aliphatic carbocycles. The smallest absolute Gasteiger partial charge is 0.339 e. The van der Waals surface area contributed by atoms with E-state index >= 15 is 0 Å². The minimum Gasteiger partial charge on any atom is -0.459 e. The lowest BCUT2D eigenvalue weighted by molar-refractivity contribution is -0.229. The quantitative estimate of drug-likeness (QED) is 0.411. The number of carbonyl (C=O) groups excluding carboxylic acids is 3. The molecule has 4 saturated heterocycles. The summed E-state index contributed by atoms with van der Waals surface area (Å²) in [5, 5.41) is 23.7. The number of rotatable bonds is 0. The third kappa shape index (κ3) is 1.29. The van der Waals surface area contributed by atoms with E-state index in [-0.39, 0.29) is 12.8 Å². The number of esters is 3. The molecule has 0 aromatic rings. The summed E-state index contributed by atoms with van der Waals surface area (Å²) in [5.41, 5.74) is -7.96. The van der Waals surface area contributed by atoms with Gasteiger partial charge in [-0.3, -0.25) is 4.79 Å². The largest absolute Gasteiger partial charge is 0.459 e. The van der Waals surface area contributed by atoms with Crippen molar-refractivity contribution in [1.29, 1.82) is 0 Å². The van der Waals surface area contributed by atoms with E-state index in [1.165, 1.54) is 0 Å². The van der Waals surface area contributed by atoms with E-state index in [1.807, 2.05) is 27.7 Å². The zero-order valence-electron chi connectivity index (χ0n) is 17.6. The Labute approximate surface area is 173 Å². The second-order valence-electron chi connectivity index (χ2n) is 11.2. The van der Waals surface area contributed by atoms with Crippen LogP contribution in [0.3, 0.4) is 0 Å². The number of hydrogen-bond donors (Lipinski definition) is 2. The van der Waals surface area contributed by atoms with Crippen molar-refractivity contribution < 1.29 is 43.5 Å². The molecule has 9 nitrogen and oxygen atoms in total. The third-order valence-electron chi connectivity index (χ3n) is 9.94. The van der Waals surface area contributed by atoms with Gasteiger partial charge in [-0.1, -0.05) is 27.7 Å². The van der Waals surface area contributed by atoms with Gasteiger partial charge in [0.1, 0.15) is 17.8 Å². The summed E-state index contributed by atoms with van der Waals surface area (Å²) in [4.78, 5) is 38.5. The molecule has 0 aromatic heterocycles. The van der Waals surface area contributed by atoms with E-state index in [9.17, 15) is 24.6 Å². The van der Waals surface area contributed by atoms with Crippen molar-refractivity contribution >= 4 is 17.9 Å². The maximum atomic E-state index is 13.3. The predicted octanol–water partition coefficient (Wildman–Crippen LogP) is 0.0498. The second-order valence-corrected chi connectivity index (χ2v) is 11.2. The molecular weight excluding hydrogens is 396 g/mol. The van der Waals surface area contributed by atoms with Crippen molar-refractivity contribution in [1.82, 2.24) is 0 Å². The number of fused-ring (bicyclic) bond motifs is 1. The number of ether oxygens (including phenoxy) is 4. The van der Waals surface area contributed by atoms with Crippen molar-refractivity contribution in [3.05, 3.63) is 0 Å². The van der Waals surface area contributed by atoms with Crippen LogP contribution in [0.1, 0.15) is 47.5 Å². The molecule has 0 amide bonds. The van der Waals surface area contributed by atoms with Gasteiger partial charge in [0.2, 0.25) is 6.29 Å². The molecule has 0 aromatic carbocycles. The molecule has 164 valence electrons. The number of aliphatic hydroxyl groups is 2. The summed E-state index contributed by atoms with van der Waals surface area (Å²) in [6.45, 7) is 9.40. The topological polar surface area (TPSA) is 129 Å². The van der Waals surface area contributed by atoms with Crippen LogP contribution in [0.25, 0.3) is 0 Å². The zero-order chi connectivity index (χ0) is 21.9. The average Bonchev–Trinajstić information content (AvgIpc) is 3.32. The van der Waals surface area contributed by atoms with Crippen LogP contribution in [-0.2, 0) is 33.3 Å². The first-order valence-electron chi connectivity index (χ1n) is 10.5. The highest BCUT2D eigenvalue weighted by Gasteiger charge is 3.03. The van der Waals surface area contributed by atoms with Crippen LogP contribution in [0, 0.1) is 27.6 Å². The minimum absolute atomic E-state index is 0.0995. The van der Waals surface area contributed by atoms with Crippen molar-refractivity contribution in [2.24, 2.45) is 27.6 Å². The molecule has 4 aliphatic heterocycles. The lowest BCUT2D eigenvalue weighted by atomic mass is 9.43. The molecule has 0 bridgehead atoms. The molecule has 6 fully saturated rings. The van der Waals surface area contributed by atoms with E-state index in [0.29, 0.717) is 0 Å². The van der Waals surface area contributed by atoms with E-state index in [2.05, 4.69) is 0 Å². The van der Waals surface area contributed by atoms with Gasteiger partial charge >= 0.3 is 17.9 Å². The Morgan fingerprint density at radius 1 is 1.00 bits per heavy atom. The number of hydrogen-bond acceptors (Lipinski definition) is 9. The van der Waals surface area contributed by atoms with Crippen molar-refractivity contribution in [3.8, 4) is 0 Å². The Morgan fingerprint density at radius 2 is 1.67 bits per heavy atom. The first-order chi connectivity index (χ1) is 13.8. The maximum absolute atomic E-state index is 13.3. The van der Waals surface area contributed by atoms with Crippen LogP contribution in [0.2, 0.25) is 0 Å². The molecule has 4 heterocycles. The molecule has 2 saturated carbocycles. The Bertz CT molecular complexity index is 939. The predicted molar refractivity (Wildman–Crippen MR) is 95.2 cm³/mol. The van der Waals surface area contributed by atoms with Gasteiger partial charge < -0.3 is 29.2 Å². The fourth-order valence-electron chi connectivity index (χ4n) is 8.46. The summed E-state index contributed by atoms with van der Waals surface area (Å²) in [5.74, 6) is -3.10. The van der Waals surface area contributed by atoms with E-state index < -0.39 is 81.3 Å². The second kappa shape index (κ2) is 4.56. The Hall–Kier alpha value is -1.71. The van der Waals surface area contributed by atoms with Gasteiger partial charge in [-0.05, 0) is 24.2 Å². The highest BCUT2D eigenvalue weighted by molar-refractivity contribution is 5.92. The number of aliphatic hydroxyl groups excluding tert-OH is 1. The zero-order valence-corrected chi connectivity index (χ0v) is 17.6. The van der Waals surface area contributed by atoms with E-state index in [4.69, 9.17) is 18.9 Å². The van der Waals surface area contributed by atoms with Crippen LogP contribution in [0.15, 0.2) is 0 Å². The lowest BCUT2D eigenvalue weighted by Gasteiger charge is -2.56. The number of carbonyl (C=O) groups is 3. The molecule has 30 heavy (non-hydrogen) atoms. The van der Waals surface area contributed by atoms with Crippen LogP contribution in [0.5, 0.6) is 0 Å². The van der Waals surface area contributed by atoms with Crippen LogP contribution >= 0.6 is 0 Å².